The van der Waals surface area contributed by atoms with Gasteiger partial charge in [0, 0.05) is 0 Å². The van der Waals surface area contributed by atoms with E-state index in [1.165, 1.54) is 12.2 Å². The molecule has 0 bridgehead atoms. The summed E-state index contributed by atoms with van der Waals surface area (Å²) >= 11 is 0. The highest BCUT2D eigenvalue weighted by molar-refractivity contribution is 5.91. The van der Waals surface area contributed by atoms with Gasteiger partial charge >= 0.3 is 5.97 Å². The van der Waals surface area contributed by atoms with Crippen LogP contribution in [-0.2, 0) is 19.1 Å². The Morgan fingerprint density at radius 1 is 1.07 bits per heavy atom. The van der Waals surface area contributed by atoms with E-state index in [0.29, 0.717) is 12.0 Å². The molecule has 0 rings (SSSR count). The molecule has 0 aliphatic rings. The number of ether oxygens (including phenoxy) is 1. The number of rotatable bonds is 13. The first kappa shape index (κ1) is 27.3. The van der Waals surface area contributed by atoms with E-state index in [1.807, 2.05) is 13.8 Å². The summed E-state index contributed by atoms with van der Waals surface area (Å²) in [6, 6.07) is -1.06. The third-order valence-electron chi connectivity index (χ3n) is 4.29. The molecule has 0 aliphatic carbocycles. The van der Waals surface area contributed by atoms with Crippen LogP contribution in [0.1, 0.15) is 47.5 Å². The van der Waals surface area contributed by atoms with Crippen LogP contribution < -0.4 is 10.8 Å². The Bertz CT molecular complexity index is 665. The minimum absolute atomic E-state index is 0.0966. The fraction of sp³-hybridized carbons (Fsp3) is 0.522. The van der Waals surface area contributed by atoms with Gasteiger partial charge in [-0.2, -0.15) is 0 Å². The number of carbonyl (C=O) groups excluding carboxylic acids is 3. The van der Waals surface area contributed by atoms with Crippen LogP contribution in [-0.4, -0.2) is 35.1 Å². The van der Waals surface area contributed by atoms with Crippen LogP contribution in [0.2, 0.25) is 0 Å². The second-order valence-electron chi connectivity index (χ2n) is 7.67. The molecule has 7 nitrogen and oxygen atoms in total. The van der Waals surface area contributed by atoms with Crippen LogP contribution in [0.4, 0.5) is 0 Å². The van der Waals surface area contributed by atoms with Gasteiger partial charge in [-0.3, -0.25) is 14.8 Å². The molecular formula is C23H36N2O5. The van der Waals surface area contributed by atoms with Crippen molar-refractivity contribution in [2.45, 2.75) is 59.6 Å². The van der Waals surface area contributed by atoms with Crippen molar-refractivity contribution in [2.24, 2.45) is 17.8 Å². The average Bonchev–Trinajstić information content (AvgIpc) is 2.67. The molecule has 2 amide bonds. The first-order valence-corrected chi connectivity index (χ1v) is 10.1. The molecule has 0 saturated heterocycles. The fourth-order valence-corrected chi connectivity index (χ4v) is 3.08. The number of hydrogen-bond donors (Lipinski definition) is 3. The lowest BCUT2D eigenvalue weighted by atomic mass is 9.82. The van der Waals surface area contributed by atoms with E-state index in [-0.39, 0.29) is 18.4 Å². The molecule has 30 heavy (non-hydrogen) atoms. The zero-order chi connectivity index (χ0) is 23.3. The summed E-state index contributed by atoms with van der Waals surface area (Å²) in [7, 11) is 0. The quantitative estimate of drug-likeness (QED) is 0.139. The minimum atomic E-state index is -1.06. The summed E-state index contributed by atoms with van der Waals surface area (Å²) in [4.78, 5) is 38.2. The van der Waals surface area contributed by atoms with Crippen LogP contribution in [0.25, 0.3) is 0 Å². The van der Waals surface area contributed by atoms with E-state index < -0.39 is 35.7 Å². The van der Waals surface area contributed by atoms with Gasteiger partial charge < -0.3 is 10.1 Å². The predicted molar refractivity (Wildman–Crippen MR) is 117 cm³/mol. The highest BCUT2D eigenvalue weighted by Crippen LogP contribution is 2.25. The molecule has 0 aromatic rings. The molecule has 0 aromatic carbocycles. The van der Waals surface area contributed by atoms with Crippen molar-refractivity contribution in [1.29, 1.82) is 0 Å². The zero-order valence-electron chi connectivity index (χ0n) is 18.7. The topological polar surface area (TPSA) is 105 Å². The second-order valence-corrected chi connectivity index (χ2v) is 7.67. The molecule has 1 unspecified atom stereocenters. The van der Waals surface area contributed by atoms with Crippen LogP contribution in [0.15, 0.2) is 49.1 Å². The molecule has 0 heterocycles. The monoisotopic (exact) mass is 420 g/mol. The lowest BCUT2D eigenvalue weighted by molar-refractivity contribution is -0.151. The lowest BCUT2D eigenvalue weighted by Gasteiger charge is -2.28. The van der Waals surface area contributed by atoms with E-state index in [4.69, 9.17) is 9.94 Å². The molecule has 3 N–H and O–H groups in total. The van der Waals surface area contributed by atoms with Gasteiger partial charge in [-0.15, -0.1) is 6.58 Å². The molecular weight excluding hydrogens is 384 g/mol. The first-order valence-electron chi connectivity index (χ1n) is 10.1. The molecule has 0 aliphatic heterocycles. The SMILES string of the molecule is C=C/C=C(\C=C/C)C(NC(=O)[C@H](CC(C)C)[C@H](CC=C)C(=O)NO)C(=O)OC(C)C. The van der Waals surface area contributed by atoms with E-state index in [1.54, 1.807) is 44.5 Å². The van der Waals surface area contributed by atoms with Gasteiger partial charge in [0.1, 0.15) is 0 Å². The molecule has 0 aromatic heterocycles. The normalized spacial score (nSPS) is 14.9. The summed E-state index contributed by atoms with van der Waals surface area (Å²) in [5.41, 5.74) is 2.13. The maximum atomic E-state index is 13.2. The Labute approximate surface area is 179 Å². The third kappa shape index (κ3) is 9.22. The molecule has 3 atom stereocenters. The fourth-order valence-electron chi connectivity index (χ4n) is 3.08. The third-order valence-corrected chi connectivity index (χ3v) is 4.29. The van der Waals surface area contributed by atoms with Gasteiger partial charge in [0.15, 0.2) is 6.04 Å². The van der Waals surface area contributed by atoms with Gasteiger partial charge in [0.05, 0.1) is 17.9 Å². The van der Waals surface area contributed by atoms with Crippen molar-refractivity contribution in [2.75, 3.05) is 0 Å². The highest BCUT2D eigenvalue weighted by atomic mass is 16.5. The smallest absolute Gasteiger partial charge is 0.333 e. The molecule has 0 saturated carbocycles. The number of carbonyl (C=O) groups is 3. The number of allylic oxidation sites excluding steroid dienone is 4. The molecule has 0 fully saturated rings. The molecule has 0 radical (unpaired) electrons. The second kappa shape index (κ2) is 14.3. The first-order chi connectivity index (χ1) is 14.1. The van der Waals surface area contributed by atoms with Crippen LogP contribution in [0.5, 0.6) is 0 Å². The molecule has 7 heteroatoms. The van der Waals surface area contributed by atoms with Gasteiger partial charge in [-0.25, -0.2) is 10.3 Å². The Hall–Kier alpha value is -2.67. The van der Waals surface area contributed by atoms with Crippen LogP contribution in [0.3, 0.4) is 0 Å². The van der Waals surface area contributed by atoms with Crippen LogP contribution >= 0.6 is 0 Å². The Morgan fingerprint density at radius 2 is 1.70 bits per heavy atom. The average molecular weight is 421 g/mol. The summed E-state index contributed by atoms with van der Waals surface area (Å²) in [5.74, 6) is -3.28. The van der Waals surface area contributed by atoms with Gasteiger partial charge in [0.2, 0.25) is 11.8 Å². The zero-order valence-corrected chi connectivity index (χ0v) is 18.7. The number of esters is 1. The largest absolute Gasteiger partial charge is 0.461 e. The Morgan fingerprint density at radius 3 is 2.13 bits per heavy atom. The van der Waals surface area contributed by atoms with Gasteiger partial charge in [-0.05, 0) is 45.1 Å². The van der Waals surface area contributed by atoms with Crippen molar-refractivity contribution in [1.82, 2.24) is 10.8 Å². The van der Waals surface area contributed by atoms with Gasteiger partial charge in [-0.1, -0.05) is 50.8 Å². The van der Waals surface area contributed by atoms with Crippen molar-refractivity contribution in [3.05, 3.63) is 49.1 Å². The number of hydrogen-bond acceptors (Lipinski definition) is 5. The Kier molecular flexibility index (Phi) is 13.1. The van der Waals surface area contributed by atoms with Crippen molar-refractivity contribution < 1.29 is 24.3 Å². The molecule has 0 spiro atoms. The van der Waals surface area contributed by atoms with Crippen LogP contribution in [0, 0.1) is 17.8 Å². The number of nitrogens with one attached hydrogen (secondary N) is 2. The number of hydroxylamine groups is 1. The Balaban J connectivity index is 6.08. The van der Waals surface area contributed by atoms with Crippen molar-refractivity contribution >= 4 is 17.8 Å². The van der Waals surface area contributed by atoms with E-state index in [2.05, 4.69) is 18.5 Å². The summed E-state index contributed by atoms with van der Waals surface area (Å²) in [5, 5.41) is 11.9. The minimum Gasteiger partial charge on any atom is -0.461 e. The maximum absolute atomic E-state index is 13.2. The van der Waals surface area contributed by atoms with Crippen molar-refractivity contribution in [3.63, 3.8) is 0 Å². The maximum Gasteiger partial charge on any atom is 0.333 e. The van der Waals surface area contributed by atoms with Crippen molar-refractivity contribution in [3.8, 4) is 0 Å². The predicted octanol–water partition coefficient (Wildman–Crippen LogP) is 3.47. The summed E-state index contributed by atoms with van der Waals surface area (Å²) in [6.45, 7) is 16.4. The molecule has 168 valence electrons. The standard InChI is InChI=1S/C23H36N2O5/c1-8-11-17(12-9-2)20(23(28)30-16(6)7)24-21(26)19(14-15(4)5)18(13-10-3)22(27)25-29/h8-12,15-16,18-20,29H,1,3,13-14H2,2,4-7H3,(H,24,26)(H,25,27)/b12-9-,17-11+/t18-,19+,20?/m0/s1. The summed E-state index contributed by atoms with van der Waals surface area (Å²) < 4.78 is 5.33. The van der Waals surface area contributed by atoms with Gasteiger partial charge in [0.25, 0.3) is 0 Å². The summed E-state index contributed by atoms with van der Waals surface area (Å²) in [6.07, 6.45) is 8.29. The van der Waals surface area contributed by atoms with E-state index >= 15 is 0 Å². The van der Waals surface area contributed by atoms with E-state index in [0.717, 1.165) is 0 Å². The highest BCUT2D eigenvalue weighted by Gasteiger charge is 2.36. The number of amides is 2. The lowest BCUT2D eigenvalue weighted by Crippen LogP contribution is -2.49. The van der Waals surface area contributed by atoms with E-state index in [9.17, 15) is 14.4 Å².